The largest absolute Gasteiger partial charge is 0.368 e. The highest BCUT2D eigenvalue weighted by Gasteiger charge is 2.39. The molecule has 5 heteroatoms. The van der Waals surface area contributed by atoms with Crippen molar-refractivity contribution in [3.8, 4) is 0 Å². The van der Waals surface area contributed by atoms with Crippen molar-refractivity contribution in [2.24, 2.45) is 5.73 Å². The van der Waals surface area contributed by atoms with E-state index < -0.39 is 11.9 Å². The fourth-order valence-electron chi connectivity index (χ4n) is 3.50. The van der Waals surface area contributed by atoms with Crippen LogP contribution in [0.15, 0.2) is 24.3 Å². The van der Waals surface area contributed by atoms with Crippen molar-refractivity contribution in [1.82, 2.24) is 9.80 Å². The topological polar surface area (TPSA) is 66.6 Å². The Morgan fingerprint density at radius 1 is 1.24 bits per heavy atom. The standard InChI is InChI=1S/C16H21N3O2/c1-18-10-8-11-5-2-3-6-12(11)14(18)16(21)19-9-4-7-13(19)15(17)20/h2-3,5-6,13-14H,4,7-10H2,1H3,(H2,17,20)/t13?,14-/m1/s1. The Hall–Kier alpha value is -1.88. The number of likely N-dealkylation sites (tertiary alicyclic amines) is 1. The first-order valence-corrected chi connectivity index (χ1v) is 7.47. The van der Waals surface area contributed by atoms with Crippen LogP contribution in [-0.2, 0) is 16.0 Å². The molecule has 0 aromatic heterocycles. The van der Waals surface area contributed by atoms with Crippen molar-refractivity contribution in [1.29, 1.82) is 0 Å². The molecule has 2 heterocycles. The molecule has 1 unspecified atom stereocenters. The maximum atomic E-state index is 13.0. The van der Waals surface area contributed by atoms with Gasteiger partial charge in [-0.25, -0.2) is 0 Å². The number of fused-ring (bicyclic) bond motifs is 1. The average Bonchev–Trinajstić information content (AvgIpc) is 2.96. The number of primary amides is 1. The van der Waals surface area contributed by atoms with Gasteiger partial charge in [-0.05, 0) is 37.4 Å². The van der Waals surface area contributed by atoms with Gasteiger partial charge in [0.1, 0.15) is 12.1 Å². The first kappa shape index (κ1) is 14.1. The van der Waals surface area contributed by atoms with E-state index >= 15 is 0 Å². The van der Waals surface area contributed by atoms with Gasteiger partial charge in [0, 0.05) is 13.1 Å². The number of amides is 2. The zero-order valence-electron chi connectivity index (χ0n) is 12.3. The molecular weight excluding hydrogens is 266 g/mol. The molecule has 1 fully saturated rings. The highest BCUT2D eigenvalue weighted by Crippen LogP contribution is 2.32. The molecule has 0 aliphatic carbocycles. The van der Waals surface area contributed by atoms with Crippen LogP contribution in [0.5, 0.6) is 0 Å². The molecule has 3 rings (SSSR count). The van der Waals surface area contributed by atoms with E-state index in [2.05, 4.69) is 11.0 Å². The van der Waals surface area contributed by atoms with Gasteiger partial charge in [0.25, 0.3) is 0 Å². The van der Waals surface area contributed by atoms with E-state index in [4.69, 9.17) is 5.73 Å². The zero-order valence-corrected chi connectivity index (χ0v) is 12.3. The minimum atomic E-state index is -0.444. The fourth-order valence-corrected chi connectivity index (χ4v) is 3.50. The van der Waals surface area contributed by atoms with Crippen molar-refractivity contribution >= 4 is 11.8 Å². The Morgan fingerprint density at radius 3 is 2.76 bits per heavy atom. The lowest BCUT2D eigenvalue weighted by Gasteiger charge is -2.37. The number of carbonyl (C=O) groups is 2. The Morgan fingerprint density at radius 2 is 2.00 bits per heavy atom. The molecular formula is C16H21N3O2. The third-order valence-electron chi connectivity index (χ3n) is 4.62. The van der Waals surface area contributed by atoms with Crippen LogP contribution in [0.1, 0.15) is 30.0 Å². The van der Waals surface area contributed by atoms with Gasteiger partial charge in [-0.3, -0.25) is 14.5 Å². The smallest absolute Gasteiger partial charge is 0.245 e. The third-order valence-corrected chi connectivity index (χ3v) is 4.62. The number of nitrogens with zero attached hydrogens (tertiary/aromatic N) is 2. The summed E-state index contributed by atoms with van der Waals surface area (Å²) < 4.78 is 0. The van der Waals surface area contributed by atoms with Crippen LogP contribution < -0.4 is 5.73 Å². The lowest BCUT2D eigenvalue weighted by molar-refractivity contribution is -0.142. The lowest BCUT2D eigenvalue weighted by Crippen LogP contribution is -2.49. The summed E-state index contributed by atoms with van der Waals surface area (Å²) in [5.74, 6) is -0.390. The second kappa shape index (κ2) is 5.48. The Balaban J connectivity index is 1.92. The van der Waals surface area contributed by atoms with Crippen molar-refractivity contribution in [2.45, 2.75) is 31.3 Å². The average molecular weight is 287 g/mol. The molecule has 1 aromatic carbocycles. The minimum Gasteiger partial charge on any atom is -0.368 e. The summed E-state index contributed by atoms with van der Waals surface area (Å²) in [5.41, 5.74) is 7.73. The highest BCUT2D eigenvalue weighted by atomic mass is 16.2. The third kappa shape index (κ3) is 2.42. The predicted molar refractivity (Wildman–Crippen MR) is 79.4 cm³/mol. The lowest BCUT2D eigenvalue weighted by atomic mass is 9.92. The van der Waals surface area contributed by atoms with Gasteiger partial charge in [0.2, 0.25) is 11.8 Å². The van der Waals surface area contributed by atoms with E-state index in [0.29, 0.717) is 13.0 Å². The summed E-state index contributed by atoms with van der Waals surface area (Å²) in [5, 5.41) is 0. The van der Waals surface area contributed by atoms with Crippen molar-refractivity contribution < 1.29 is 9.59 Å². The molecule has 2 aliphatic rings. The maximum Gasteiger partial charge on any atom is 0.245 e. The van der Waals surface area contributed by atoms with E-state index in [1.54, 1.807) is 4.90 Å². The molecule has 2 amide bonds. The van der Waals surface area contributed by atoms with E-state index in [0.717, 1.165) is 24.9 Å². The quantitative estimate of drug-likeness (QED) is 0.870. The van der Waals surface area contributed by atoms with Crippen LogP contribution in [0.3, 0.4) is 0 Å². The number of benzene rings is 1. The monoisotopic (exact) mass is 287 g/mol. The zero-order chi connectivity index (χ0) is 15.0. The maximum absolute atomic E-state index is 13.0. The van der Waals surface area contributed by atoms with Crippen LogP contribution in [0.2, 0.25) is 0 Å². The van der Waals surface area contributed by atoms with Crippen molar-refractivity contribution in [3.63, 3.8) is 0 Å². The van der Waals surface area contributed by atoms with E-state index in [9.17, 15) is 9.59 Å². The second-order valence-electron chi connectivity index (χ2n) is 5.92. The van der Waals surface area contributed by atoms with E-state index in [1.807, 2.05) is 25.2 Å². The Labute approximate surface area is 124 Å². The summed E-state index contributed by atoms with van der Waals surface area (Å²) in [7, 11) is 1.97. The van der Waals surface area contributed by atoms with Gasteiger partial charge < -0.3 is 10.6 Å². The molecule has 2 atom stereocenters. The van der Waals surface area contributed by atoms with E-state index in [1.165, 1.54) is 5.56 Å². The van der Waals surface area contributed by atoms with Gasteiger partial charge >= 0.3 is 0 Å². The van der Waals surface area contributed by atoms with Gasteiger partial charge in [-0.15, -0.1) is 0 Å². The number of hydrogen-bond acceptors (Lipinski definition) is 3. The summed E-state index contributed by atoms with van der Waals surface area (Å²) >= 11 is 0. The summed E-state index contributed by atoms with van der Waals surface area (Å²) in [6.07, 6.45) is 2.48. The highest BCUT2D eigenvalue weighted by molar-refractivity contribution is 5.90. The summed E-state index contributed by atoms with van der Waals surface area (Å²) in [6.45, 7) is 1.47. The first-order valence-electron chi connectivity index (χ1n) is 7.47. The molecule has 1 aromatic rings. The SMILES string of the molecule is CN1CCc2ccccc2[C@@H]1C(=O)N1CCCC1C(N)=O. The molecule has 0 radical (unpaired) electrons. The van der Waals surface area contributed by atoms with Crippen LogP contribution in [0, 0.1) is 0 Å². The van der Waals surface area contributed by atoms with Crippen LogP contribution >= 0.6 is 0 Å². The normalized spacial score (nSPS) is 25.7. The van der Waals surface area contributed by atoms with Crippen molar-refractivity contribution in [2.75, 3.05) is 20.1 Å². The molecule has 21 heavy (non-hydrogen) atoms. The number of rotatable bonds is 2. The predicted octanol–water partition coefficient (Wildman–Crippen LogP) is 0.692. The molecule has 5 nitrogen and oxygen atoms in total. The number of nitrogens with two attached hydrogens (primary N) is 1. The number of carbonyl (C=O) groups excluding carboxylic acids is 2. The Bertz CT molecular complexity index is 572. The Kier molecular flexibility index (Phi) is 3.68. The first-order chi connectivity index (χ1) is 10.1. The fraction of sp³-hybridized carbons (Fsp3) is 0.500. The van der Waals surface area contributed by atoms with Gasteiger partial charge in [-0.2, -0.15) is 0 Å². The van der Waals surface area contributed by atoms with Crippen LogP contribution in [0.4, 0.5) is 0 Å². The van der Waals surface area contributed by atoms with Crippen LogP contribution in [0.25, 0.3) is 0 Å². The van der Waals surface area contributed by atoms with Crippen molar-refractivity contribution in [3.05, 3.63) is 35.4 Å². The molecule has 0 spiro atoms. The summed E-state index contributed by atoms with van der Waals surface area (Å²) in [6, 6.07) is 7.33. The van der Waals surface area contributed by atoms with Gasteiger partial charge in [-0.1, -0.05) is 24.3 Å². The van der Waals surface area contributed by atoms with Gasteiger partial charge in [0.15, 0.2) is 0 Å². The molecule has 112 valence electrons. The van der Waals surface area contributed by atoms with Crippen LogP contribution in [-0.4, -0.2) is 47.8 Å². The molecule has 0 saturated carbocycles. The molecule has 2 N–H and O–H groups in total. The number of likely N-dealkylation sites (N-methyl/N-ethyl adjacent to an activating group) is 1. The molecule has 1 saturated heterocycles. The minimum absolute atomic E-state index is 0.00551. The molecule has 2 aliphatic heterocycles. The summed E-state index contributed by atoms with van der Waals surface area (Å²) in [4.78, 5) is 28.2. The number of hydrogen-bond donors (Lipinski definition) is 1. The second-order valence-corrected chi connectivity index (χ2v) is 5.92. The van der Waals surface area contributed by atoms with E-state index in [-0.39, 0.29) is 11.9 Å². The van der Waals surface area contributed by atoms with Gasteiger partial charge in [0.05, 0.1) is 0 Å². The molecule has 0 bridgehead atoms.